The molecule has 138 valence electrons. The highest BCUT2D eigenvalue weighted by atomic mass is 16.6. The molecule has 25 heavy (non-hydrogen) atoms. The molecule has 2 amide bonds. The Morgan fingerprint density at radius 1 is 1.24 bits per heavy atom. The molecule has 1 atom stereocenters. The van der Waals surface area contributed by atoms with Gasteiger partial charge in [0, 0.05) is 26.7 Å². The third-order valence-electron chi connectivity index (χ3n) is 4.34. The number of carbonyl (C=O) groups excluding carboxylic acids is 2. The summed E-state index contributed by atoms with van der Waals surface area (Å²) in [6, 6.07) is 8.21. The highest BCUT2D eigenvalue weighted by Crippen LogP contribution is 2.21. The SMILES string of the molecule is Cc1ccc(CN(C)C(=O)C2CCCN(C(=O)OC(C)(C)C)C2)cc1. The van der Waals surface area contributed by atoms with E-state index in [1.54, 1.807) is 9.80 Å². The van der Waals surface area contributed by atoms with Gasteiger partial charge in [0.15, 0.2) is 0 Å². The van der Waals surface area contributed by atoms with Gasteiger partial charge in [0.25, 0.3) is 0 Å². The van der Waals surface area contributed by atoms with Crippen LogP contribution in [-0.4, -0.2) is 47.5 Å². The highest BCUT2D eigenvalue weighted by Gasteiger charge is 2.32. The van der Waals surface area contributed by atoms with Gasteiger partial charge in [-0.05, 0) is 46.1 Å². The lowest BCUT2D eigenvalue weighted by Crippen LogP contribution is -2.47. The summed E-state index contributed by atoms with van der Waals surface area (Å²) in [7, 11) is 1.83. The van der Waals surface area contributed by atoms with Gasteiger partial charge < -0.3 is 14.5 Å². The lowest BCUT2D eigenvalue weighted by molar-refractivity contribution is -0.136. The van der Waals surface area contributed by atoms with Crippen LogP contribution in [0.15, 0.2) is 24.3 Å². The van der Waals surface area contributed by atoms with Crippen LogP contribution >= 0.6 is 0 Å². The second kappa shape index (κ2) is 7.89. The van der Waals surface area contributed by atoms with Gasteiger partial charge in [0.2, 0.25) is 5.91 Å². The van der Waals surface area contributed by atoms with Crippen LogP contribution in [-0.2, 0) is 16.1 Å². The average Bonchev–Trinajstić information content (AvgIpc) is 2.55. The summed E-state index contributed by atoms with van der Waals surface area (Å²) in [5.41, 5.74) is 1.80. The van der Waals surface area contributed by atoms with E-state index in [4.69, 9.17) is 4.74 Å². The monoisotopic (exact) mass is 346 g/mol. The second-order valence-electron chi connectivity index (χ2n) is 7.95. The molecule has 0 saturated carbocycles. The molecule has 0 bridgehead atoms. The Morgan fingerprint density at radius 3 is 2.48 bits per heavy atom. The zero-order valence-corrected chi connectivity index (χ0v) is 16.0. The van der Waals surface area contributed by atoms with Crippen molar-refractivity contribution in [2.75, 3.05) is 20.1 Å². The van der Waals surface area contributed by atoms with E-state index in [9.17, 15) is 9.59 Å². The maximum atomic E-state index is 12.8. The quantitative estimate of drug-likeness (QED) is 0.840. The van der Waals surface area contributed by atoms with Crippen LogP contribution < -0.4 is 0 Å². The smallest absolute Gasteiger partial charge is 0.410 e. The zero-order chi connectivity index (χ0) is 18.6. The van der Waals surface area contributed by atoms with E-state index < -0.39 is 5.60 Å². The predicted molar refractivity (Wildman–Crippen MR) is 98.2 cm³/mol. The molecule has 5 heteroatoms. The predicted octanol–water partition coefficient (Wildman–Crippen LogP) is 3.60. The number of piperidine rings is 1. The summed E-state index contributed by atoms with van der Waals surface area (Å²) in [6.07, 6.45) is 1.32. The topological polar surface area (TPSA) is 49.9 Å². The van der Waals surface area contributed by atoms with Gasteiger partial charge in [-0.1, -0.05) is 29.8 Å². The Labute approximate surface area is 150 Å². The van der Waals surface area contributed by atoms with Crippen LogP contribution in [0.25, 0.3) is 0 Å². The number of ether oxygens (including phenoxy) is 1. The van der Waals surface area contributed by atoms with Crippen molar-refractivity contribution >= 4 is 12.0 Å². The minimum Gasteiger partial charge on any atom is -0.444 e. The molecule has 1 aromatic rings. The van der Waals surface area contributed by atoms with Crippen molar-refractivity contribution in [1.29, 1.82) is 0 Å². The van der Waals surface area contributed by atoms with Gasteiger partial charge in [-0.15, -0.1) is 0 Å². The molecule has 2 rings (SSSR count). The van der Waals surface area contributed by atoms with Gasteiger partial charge in [-0.3, -0.25) is 4.79 Å². The van der Waals surface area contributed by atoms with Gasteiger partial charge in [0.05, 0.1) is 5.92 Å². The fraction of sp³-hybridized carbons (Fsp3) is 0.600. The molecule has 0 aromatic heterocycles. The normalized spacial score (nSPS) is 18.0. The van der Waals surface area contributed by atoms with Crippen molar-refractivity contribution in [2.45, 2.75) is 52.7 Å². The average molecular weight is 346 g/mol. The number of benzene rings is 1. The van der Waals surface area contributed by atoms with Crippen LogP contribution in [0.3, 0.4) is 0 Å². The first-order chi connectivity index (χ1) is 11.7. The fourth-order valence-electron chi connectivity index (χ4n) is 3.03. The summed E-state index contributed by atoms with van der Waals surface area (Å²) >= 11 is 0. The van der Waals surface area contributed by atoms with E-state index >= 15 is 0 Å². The molecule has 0 aliphatic carbocycles. The molecule has 0 spiro atoms. The molecular formula is C20H30N2O3. The van der Waals surface area contributed by atoms with Crippen LogP contribution in [0.4, 0.5) is 4.79 Å². The molecule has 1 aliphatic rings. The van der Waals surface area contributed by atoms with E-state index in [2.05, 4.69) is 12.1 Å². The summed E-state index contributed by atoms with van der Waals surface area (Å²) in [5.74, 6) is -0.0643. The first kappa shape index (κ1) is 19.3. The number of rotatable bonds is 3. The van der Waals surface area contributed by atoms with Crippen LogP contribution in [0, 0.1) is 12.8 Å². The largest absolute Gasteiger partial charge is 0.444 e. The van der Waals surface area contributed by atoms with Crippen molar-refractivity contribution in [3.8, 4) is 0 Å². The molecule has 5 nitrogen and oxygen atoms in total. The minimum atomic E-state index is -0.518. The summed E-state index contributed by atoms with van der Waals surface area (Å²) in [6.45, 7) is 9.28. The first-order valence-electron chi connectivity index (χ1n) is 8.94. The van der Waals surface area contributed by atoms with Gasteiger partial charge in [0.1, 0.15) is 5.60 Å². The van der Waals surface area contributed by atoms with Gasteiger partial charge >= 0.3 is 6.09 Å². The Kier molecular flexibility index (Phi) is 6.09. The van der Waals surface area contributed by atoms with E-state index in [1.807, 2.05) is 46.9 Å². The maximum absolute atomic E-state index is 12.8. The maximum Gasteiger partial charge on any atom is 0.410 e. The van der Waals surface area contributed by atoms with Crippen LogP contribution in [0.2, 0.25) is 0 Å². The zero-order valence-electron chi connectivity index (χ0n) is 16.0. The first-order valence-corrected chi connectivity index (χ1v) is 8.94. The van der Waals surface area contributed by atoms with Gasteiger partial charge in [-0.2, -0.15) is 0 Å². The molecule has 0 N–H and O–H groups in total. The molecule has 1 aromatic carbocycles. The van der Waals surface area contributed by atoms with E-state index in [0.717, 1.165) is 18.4 Å². The molecule has 0 radical (unpaired) electrons. The standard InChI is InChI=1S/C20H30N2O3/c1-15-8-10-16(11-9-15)13-21(5)18(23)17-7-6-12-22(14-17)19(24)25-20(2,3)4/h8-11,17H,6-7,12-14H2,1-5H3. The number of hydrogen-bond donors (Lipinski definition) is 0. The van der Waals surface area contributed by atoms with Crippen molar-refractivity contribution in [2.24, 2.45) is 5.92 Å². The Bertz CT molecular complexity index is 604. The minimum absolute atomic E-state index is 0.0915. The number of likely N-dealkylation sites (tertiary alicyclic amines) is 1. The number of nitrogens with zero attached hydrogens (tertiary/aromatic N) is 2. The number of aryl methyl sites for hydroxylation is 1. The van der Waals surface area contributed by atoms with Gasteiger partial charge in [-0.25, -0.2) is 4.79 Å². The summed E-state index contributed by atoms with van der Waals surface area (Å²) in [4.78, 5) is 28.4. The summed E-state index contributed by atoms with van der Waals surface area (Å²) in [5, 5.41) is 0. The van der Waals surface area contributed by atoms with Crippen LogP contribution in [0.1, 0.15) is 44.7 Å². The number of carbonyl (C=O) groups is 2. The molecule has 1 unspecified atom stereocenters. The van der Waals surface area contributed by atoms with Crippen molar-refractivity contribution < 1.29 is 14.3 Å². The van der Waals surface area contributed by atoms with E-state index in [1.165, 1.54) is 5.56 Å². The fourth-order valence-corrected chi connectivity index (χ4v) is 3.03. The molecule has 1 saturated heterocycles. The molecule has 1 fully saturated rings. The third-order valence-corrected chi connectivity index (χ3v) is 4.34. The van der Waals surface area contributed by atoms with Crippen LogP contribution in [0.5, 0.6) is 0 Å². The van der Waals surface area contributed by atoms with E-state index in [-0.39, 0.29) is 17.9 Å². The summed E-state index contributed by atoms with van der Waals surface area (Å²) < 4.78 is 5.43. The second-order valence-corrected chi connectivity index (χ2v) is 7.95. The Balaban J connectivity index is 1.94. The molecular weight excluding hydrogens is 316 g/mol. The highest BCUT2D eigenvalue weighted by molar-refractivity contribution is 5.80. The van der Waals surface area contributed by atoms with Crippen molar-refractivity contribution in [3.05, 3.63) is 35.4 Å². The van der Waals surface area contributed by atoms with Crippen molar-refractivity contribution in [3.63, 3.8) is 0 Å². The third kappa shape index (κ3) is 5.76. The molecule has 1 heterocycles. The number of hydrogen-bond acceptors (Lipinski definition) is 3. The number of amides is 2. The lowest BCUT2D eigenvalue weighted by atomic mass is 9.96. The molecule has 1 aliphatic heterocycles. The lowest BCUT2D eigenvalue weighted by Gasteiger charge is -2.35. The Hall–Kier alpha value is -2.04. The van der Waals surface area contributed by atoms with E-state index in [0.29, 0.717) is 19.6 Å². The Morgan fingerprint density at radius 2 is 1.88 bits per heavy atom. The van der Waals surface area contributed by atoms with Crippen molar-refractivity contribution in [1.82, 2.24) is 9.80 Å².